The molecule has 28 heavy (non-hydrogen) atoms. The summed E-state index contributed by atoms with van der Waals surface area (Å²) in [7, 11) is -3.54. The number of piperazine rings is 1. The second-order valence-corrected chi connectivity index (χ2v) is 8.96. The number of hydrogen-bond donors (Lipinski definition) is 2. The monoisotopic (exact) mass is 411 g/mol. The van der Waals surface area contributed by atoms with Gasteiger partial charge in [0.25, 0.3) is 0 Å². The van der Waals surface area contributed by atoms with Gasteiger partial charge in [0.05, 0.1) is 4.90 Å². The van der Waals surface area contributed by atoms with Crippen LogP contribution in [0.25, 0.3) is 0 Å². The molecule has 1 saturated heterocycles. The standard InChI is InChI=1S/C19H29N3O5S/c1-16(9-14-23)15-20-18(24)7-8-19(25)21-10-12-22(13-11-21)28(26,27)17-5-3-2-4-6-17/h2-6,16,23H,7-15H2,1H3,(H,20,24). The minimum Gasteiger partial charge on any atom is -0.396 e. The average molecular weight is 412 g/mol. The van der Waals surface area contributed by atoms with E-state index in [1.54, 1.807) is 35.2 Å². The third kappa shape index (κ3) is 6.29. The number of nitrogens with zero attached hydrogens (tertiary/aromatic N) is 2. The molecule has 0 radical (unpaired) electrons. The molecule has 0 spiro atoms. The van der Waals surface area contributed by atoms with E-state index in [2.05, 4.69) is 5.32 Å². The molecule has 8 nitrogen and oxygen atoms in total. The van der Waals surface area contributed by atoms with Crippen LogP contribution in [-0.4, -0.2) is 73.9 Å². The fraction of sp³-hybridized carbons (Fsp3) is 0.579. The lowest BCUT2D eigenvalue weighted by Gasteiger charge is -2.34. The van der Waals surface area contributed by atoms with Gasteiger partial charge in [-0.3, -0.25) is 9.59 Å². The Morgan fingerprint density at radius 2 is 1.75 bits per heavy atom. The van der Waals surface area contributed by atoms with Crippen LogP contribution in [0.1, 0.15) is 26.2 Å². The Balaban J connectivity index is 1.75. The van der Waals surface area contributed by atoms with E-state index in [4.69, 9.17) is 5.11 Å². The Labute approximate surface area is 166 Å². The van der Waals surface area contributed by atoms with E-state index in [0.29, 0.717) is 26.1 Å². The Morgan fingerprint density at radius 1 is 1.11 bits per heavy atom. The third-order valence-corrected chi connectivity index (χ3v) is 6.72. The molecular weight excluding hydrogens is 382 g/mol. The van der Waals surface area contributed by atoms with E-state index in [9.17, 15) is 18.0 Å². The highest BCUT2D eigenvalue weighted by Gasteiger charge is 2.29. The maximum Gasteiger partial charge on any atom is 0.243 e. The van der Waals surface area contributed by atoms with Crippen molar-refractivity contribution in [2.24, 2.45) is 5.92 Å². The molecule has 156 valence electrons. The van der Waals surface area contributed by atoms with Crippen molar-refractivity contribution in [1.29, 1.82) is 0 Å². The van der Waals surface area contributed by atoms with E-state index in [0.717, 1.165) is 0 Å². The molecule has 1 heterocycles. The summed E-state index contributed by atoms with van der Waals surface area (Å²) in [5.41, 5.74) is 0. The molecule has 1 unspecified atom stereocenters. The molecule has 9 heteroatoms. The lowest BCUT2D eigenvalue weighted by atomic mass is 10.1. The zero-order chi connectivity index (χ0) is 20.6. The number of carbonyl (C=O) groups excluding carboxylic acids is 2. The fourth-order valence-electron chi connectivity index (χ4n) is 3.00. The summed E-state index contributed by atoms with van der Waals surface area (Å²) in [4.78, 5) is 26.0. The molecular formula is C19H29N3O5S. The van der Waals surface area contributed by atoms with Gasteiger partial charge in [-0.2, -0.15) is 4.31 Å². The van der Waals surface area contributed by atoms with Crippen molar-refractivity contribution in [2.75, 3.05) is 39.3 Å². The van der Waals surface area contributed by atoms with Gasteiger partial charge in [0.1, 0.15) is 0 Å². The van der Waals surface area contributed by atoms with E-state index in [1.807, 2.05) is 6.92 Å². The highest BCUT2D eigenvalue weighted by Crippen LogP contribution is 2.17. The highest BCUT2D eigenvalue weighted by atomic mass is 32.2. The molecule has 1 aliphatic rings. The minimum atomic E-state index is -3.54. The van der Waals surface area contributed by atoms with Gasteiger partial charge in [-0.25, -0.2) is 8.42 Å². The summed E-state index contributed by atoms with van der Waals surface area (Å²) < 4.78 is 26.6. The first-order valence-electron chi connectivity index (χ1n) is 9.55. The number of sulfonamides is 1. The molecule has 0 aliphatic carbocycles. The van der Waals surface area contributed by atoms with Gasteiger partial charge in [0.15, 0.2) is 0 Å². The first-order valence-corrected chi connectivity index (χ1v) is 11.0. The van der Waals surface area contributed by atoms with Crippen molar-refractivity contribution in [3.63, 3.8) is 0 Å². The van der Waals surface area contributed by atoms with Crippen LogP contribution in [0.2, 0.25) is 0 Å². The SMILES string of the molecule is CC(CCO)CNC(=O)CCC(=O)N1CCN(S(=O)(=O)c2ccccc2)CC1. The maximum atomic E-state index is 12.6. The molecule has 1 aromatic rings. The van der Waals surface area contributed by atoms with Crippen LogP contribution >= 0.6 is 0 Å². The molecule has 2 amide bonds. The van der Waals surface area contributed by atoms with Crippen LogP contribution in [0, 0.1) is 5.92 Å². The molecule has 2 rings (SSSR count). The maximum absolute atomic E-state index is 12.6. The van der Waals surface area contributed by atoms with Crippen LogP contribution in [0.4, 0.5) is 0 Å². The van der Waals surface area contributed by atoms with Gasteiger partial charge >= 0.3 is 0 Å². The molecule has 2 N–H and O–H groups in total. The van der Waals surface area contributed by atoms with E-state index in [-0.39, 0.29) is 55.2 Å². The molecule has 1 aliphatic heterocycles. The van der Waals surface area contributed by atoms with Gasteiger partial charge in [0.2, 0.25) is 21.8 Å². The van der Waals surface area contributed by atoms with Crippen molar-refractivity contribution >= 4 is 21.8 Å². The van der Waals surface area contributed by atoms with Crippen LogP contribution in [0.5, 0.6) is 0 Å². The van der Waals surface area contributed by atoms with Gasteiger partial charge in [-0.1, -0.05) is 25.1 Å². The minimum absolute atomic E-state index is 0.0848. The van der Waals surface area contributed by atoms with Crippen molar-refractivity contribution in [2.45, 2.75) is 31.1 Å². The van der Waals surface area contributed by atoms with Crippen molar-refractivity contribution < 1.29 is 23.1 Å². The van der Waals surface area contributed by atoms with Crippen molar-refractivity contribution in [3.8, 4) is 0 Å². The number of nitrogens with one attached hydrogen (secondary N) is 1. The number of amides is 2. The number of benzene rings is 1. The summed E-state index contributed by atoms with van der Waals surface area (Å²) in [5.74, 6) is -0.150. The van der Waals surface area contributed by atoms with E-state index < -0.39 is 10.0 Å². The van der Waals surface area contributed by atoms with Crippen LogP contribution < -0.4 is 5.32 Å². The number of aliphatic hydroxyl groups is 1. The topological polar surface area (TPSA) is 107 Å². The Bertz CT molecular complexity index is 746. The first kappa shape index (κ1) is 22.3. The highest BCUT2D eigenvalue weighted by molar-refractivity contribution is 7.89. The van der Waals surface area contributed by atoms with Gasteiger partial charge in [-0.05, 0) is 24.5 Å². The van der Waals surface area contributed by atoms with Gasteiger partial charge < -0.3 is 15.3 Å². The zero-order valence-electron chi connectivity index (χ0n) is 16.2. The number of carbonyl (C=O) groups is 2. The number of aliphatic hydroxyl groups excluding tert-OH is 1. The lowest BCUT2D eigenvalue weighted by Crippen LogP contribution is -2.50. The Hall–Kier alpha value is -1.97. The summed E-state index contributed by atoms with van der Waals surface area (Å²) >= 11 is 0. The van der Waals surface area contributed by atoms with Crippen molar-refractivity contribution in [3.05, 3.63) is 30.3 Å². The largest absolute Gasteiger partial charge is 0.396 e. The summed E-state index contributed by atoms with van der Waals surface area (Å²) in [6.45, 7) is 3.62. The predicted octanol–water partition coefficient (Wildman–Crippen LogP) is 0.434. The molecule has 0 bridgehead atoms. The number of hydrogen-bond acceptors (Lipinski definition) is 5. The quantitative estimate of drug-likeness (QED) is 0.613. The molecule has 1 atom stereocenters. The fourth-order valence-corrected chi connectivity index (χ4v) is 4.44. The van der Waals surface area contributed by atoms with Crippen LogP contribution in [-0.2, 0) is 19.6 Å². The van der Waals surface area contributed by atoms with Crippen molar-refractivity contribution in [1.82, 2.24) is 14.5 Å². The Kier molecular flexibility index (Phi) is 8.40. The van der Waals surface area contributed by atoms with Gasteiger partial charge in [0, 0.05) is 52.2 Å². The van der Waals surface area contributed by atoms with E-state index in [1.165, 1.54) is 4.31 Å². The molecule has 0 saturated carbocycles. The second kappa shape index (κ2) is 10.5. The summed E-state index contributed by atoms with van der Waals surface area (Å²) in [5, 5.41) is 11.6. The summed E-state index contributed by atoms with van der Waals surface area (Å²) in [6.07, 6.45) is 0.828. The predicted molar refractivity (Wildman–Crippen MR) is 105 cm³/mol. The van der Waals surface area contributed by atoms with Gasteiger partial charge in [-0.15, -0.1) is 0 Å². The molecule has 1 aromatic carbocycles. The Morgan fingerprint density at radius 3 is 2.36 bits per heavy atom. The van der Waals surface area contributed by atoms with Crippen LogP contribution in [0.15, 0.2) is 35.2 Å². The zero-order valence-corrected chi connectivity index (χ0v) is 17.0. The van der Waals surface area contributed by atoms with Crippen LogP contribution in [0.3, 0.4) is 0 Å². The van der Waals surface area contributed by atoms with E-state index >= 15 is 0 Å². The third-order valence-electron chi connectivity index (χ3n) is 4.81. The average Bonchev–Trinajstić information content (AvgIpc) is 2.71. The number of rotatable bonds is 9. The molecule has 0 aromatic heterocycles. The first-order chi connectivity index (χ1) is 13.3. The lowest BCUT2D eigenvalue weighted by molar-refractivity contribution is -0.134. The normalized spacial score (nSPS) is 16.6. The second-order valence-electron chi connectivity index (χ2n) is 7.02. The molecule has 1 fully saturated rings. The smallest absolute Gasteiger partial charge is 0.243 e. The summed E-state index contributed by atoms with van der Waals surface area (Å²) in [6, 6.07) is 8.25.